The highest BCUT2D eigenvalue weighted by molar-refractivity contribution is 5.15. The van der Waals surface area contributed by atoms with Gasteiger partial charge < -0.3 is 4.74 Å². The average Bonchev–Trinajstić information content (AvgIpc) is 2.96. The van der Waals surface area contributed by atoms with Crippen LogP contribution in [0.5, 0.6) is 0 Å². The molecular formula is C11H18N2O. The van der Waals surface area contributed by atoms with Crippen LogP contribution in [0.2, 0.25) is 0 Å². The summed E-state index contributed by atoms with van der Waals surface area (Å²) >= 11 is 0. The third-order valence-corrected chi connectivity index (χ3v) is 3.73. The first-order valence-corrected chi connectivity index (χ1v) is 5.42. The van der Waals surface area contributed by atoms with Gasteiger partial charge in [-0.2, -0.15) is 5.26 Å². The lowest BCUT2D eigenvalue weighted by Crippen LogP contribution is -2.52. The van der Waals surface area contributed by atoms with Crippen LogP contribution in [0.4, 0.5) is 0 Å². The summed E-state index contributed by atoms with van der Waals surface area (Å²) in [7, 11) is 0. The second-order valence-corrected chi connectivity index (χ2v) is 4.68. The fraction of sp³-hybridized carbons (Fsp3) is 0.909. The normalized spacial score (nSPS) is 37.2. The lowest BCUT2D eigenvalue weighted by molar-refractivity contribution is -0.00595. The molecule has 3 nitrogen and oxygen atoms in total. The van der Waals surface area contributed by atoms with Gasteiger partial charge in [-0.1, -0.05) is 6.92 Å². The summed E-state index contributed by atoms with van der Waals surface area (Å²) < 4.78 is 5.32. The van der Waals surface area contributed by atoms with Crippen molar-refractivity contribution >= 4 is 0 Å². The van der Waals surface area contributed by atoms with Crippen LogP contribution in [-0.2, 0) is 4.74 Å². The summed E-state index contributed by atoms with van der Waals surface area (Å²) in [5.41, 5.74) is -0.247. The molecule has 3 atom stereocenters. The van der Waals surface area contributed by atoms with Gasteiger partial charge in [-0.15, -0.1) is 0 Å². The molecule has 2 aliphatic rings. The predicted octanol–water partition coefficient (Wildman–Crippen LogP) is 1.26. The van der Waals surface area contributed by atoms with Gasteiger partial charge in [0.2, 0.25) is 0 Å². The highest BCUT2D eigenvalue weighted by atomic mass is 16.5. The molecule has 1 aliphatic carbocycles. The van der Waals surface area contributed by atoms with E-state index in [4.69, 9.17) is 4.74 Å². The molecule has 0 aromatic carbocycles. The maximum absolute atomic E-state index is 9.33. The second-order valence-electron chi connectivity index (χ2n) is 4.68. The Bertz CT molecular complexity index is 255. The van der Waals surface area contributed by atoms with Crippen molar-refractivity contribution in [3.8, 4) is 6.07 Å². The van der Waals surface area contributed by atoms with Gasteiger partial charge in [-0.25, -0.2) is 0 Å². The molecule has 0 aromatic rings. The zero-order valence-electron chi connectivity index (χ0n) is 8.99. The Morgan fingerprint density at radius 2 is 2.00 bits per heavy atom. The lowest BCUT2D eigenvalue weighted by atomic mass is 9.93. The molecular weight excluding hydrogens is 176 g/mol. The molecule has 1 heterocycles. The Labute approximate surface area is 85.6 Å². The van der Waals surface area contributed by atoms with Crippen molar-refractivity contribution in [2.24, 2.45) is 11.8 Å². The predicted molar refractivity (Wildman–Crippen MR) is 53.7 cm³/mol. The zero-order valence-corrected chi connectivity index (χ0v) is 8.99. The van der Waals surface area contributed by atoms with Crippen LogP contribution in [0.3, 0.4) is 0 Å². The summed E-state index contributed by atoms with van der Waals surface area (Å²) in [6.07, 6.45) is 1.21. The van der Waals surface area contributed by atoms with E-state index in [0.717, 1.165) is 32.2 Å². The first kappa shape index (κ1) is 9.95. The molecule has 14 heavy (non-hydrogen) atoms. The SMILES string of the molecule is CC1CC1C(C)(C#N)N1CCOCC1. The molecule has 2 rings (SSSR count). The van der Waals surface area contributed by atoms with Gasteiger partial charge in [-0.05, 0) is 25.2 Å². The van der Waals surface area contributed by atoms with Gasteiger partial charge in [-0.3, -0.25) is 4.90 Å². The summed E-state index contributed by atoms with van der Waals surface area (Å²) in [4.78, 5) is 2.30. The molecule has 78 valence electrons. The minimum atomic E-state index is -0.247. The van der Waals surface area contributed by atoms with Crippen molar-refractivity contribution in [2.45, 2.75) is 25.8 Å². The topological polar surface area (TPSA) is 36.3 Å². The molecule has 3 unspecified atom stereocenters. The van der Waals surface area contributed by atoms with Gasteiger partial charge in [0.1, 0.15) is 5.54 Å². The van der Waals surface area contributed by atoms with Crippen molar-refractivity contribution in [2.75, 3.05) is 26.3 Å². The standard InChI is InChI=1S/C11H18N2O/c1-9-7-10(9)11(2,8-12)13-3-5-14-6-4-13/h9-10H,3-7H2,1-2H3. The van der Waals surface area contributed by atoms with Crippen molar-refractivity contribution in [3.63, 3.8) is 0 Å². The molecule has 2 fully saturated rings. The third kappa shape index (κ3) is 1.53. The van der Waals surface area contributed by atoms with Crippen LogP contribution in [0, 0.1) is 23.2 Å². The van der Waals surface area contributed by atoms with Crippen LogP contribution >= 0.6 is 0 Å². The number of nitriles is 1. The minimum absolute atomic E-state index is 0.247. The smallest absolute Gasteiger partial charge is 0.109 e. The zero-order chi connectivity index (χ0) is 10.2. The van der Waals surface area contributed by atoms with Crippen molar-refractivity contribution in [1.82, 2.24) is 4.90 Å². The van der Waals surface area contributed by atoms with E-state index in [1.165, 1.54) is 6.42 Å². The highest BCUT2D eigenvalue weighted by Gasteiger charge is 2.51. The van der Waals surface area contributed by atoms with Crippen molar-refractivity contribution < 1.29 is 4.74 Å². The van der Waals surface area contributed by atoms with Crippen LogP contribution in [0.15, 0.2) is 0 Å². The number of hydrogen-bond acceptors (Lipinski definition) is 3. The fourth-order valence-corrected chi connectivity index (χ4v) is 2.52. The lowest BCUT2D eigenvalue weighted by Gasteiger charge is -2.38. The Kier molecular flexibility index (Phi) is 2.50. The molecule has 1 saturated heterocycles. The maximum atomic E-state index is 9.33. The number of rotatable bonds is 2. The van der Waals surface area contributed by atoms with Crippen LogP contribution < -0.4 is 0 Å². The molecule has 0 aromatic heterocycles. The van der Waals surface area contributed by atoms with Gasteiger partial charge in [0.15, 0.2) is 0 Å². The van der Waals surface area contributed by atoms with Crippen LogP contribution in [-0.4, -0.2) is 36.7 Å². The quantitative estimate of drug-likeness (QED) is 0.664. The second kappa shape index (κ2) is 3.52. The van der Waals surface area contributed by atoms with Crippen LogP contribution in [0.1, 0.15) is 20.3 Å². The maximum Gasteiger partial charge on any atom is 0.109 e. The summed E-state index contributed by atoms with van der Waals surface area (Å²) in [6, 6.07) is 2.51. The van der Waals surface area contributed by atoms with E-state index in [-0.39, 0.29) is 5.54 Å². The third-order valence-electron chi connectivity index (χ3n) is 3.73. The van der Waals surface area contributed by atoms with E-state index < -0.39 is 0 Å². The molecule has 0 radical (unpaired) electrons. The number of morpholine rings is 1. The number of hydrogen-bond donors (Lipinski definition) is 0. The van der Waals surface area contributed by atoms with Gasteiger partial charge in [0.05, 0.1) is 19.3 Å². The summed E-state index contributed by atoms with van der Waals surface area (Å²) in [5, 5.41) is 9.33. The molecule has 0 amide bonds. The fourth-order valence-electron chi connectivity index (χ4n) is 2.52. The highest BCUT2D eigenvalue weighted by Crippen LogP contribution is 2.48. The summed E-state index contributed by atoms with van der Waals surface area (Å²) in [5.74, 6) is 1.30. The Balaban J connectivity index is 2.07. The average molecular weight is 194 g/mol. The van der Waals surface area contributed by atoms with Crippen LogP contribution in [0.25, 0.3) is 0 Å². The van der Waals surface area contributed by atoms with Gasteiger partial charge in [0.25, 0.3) is 0 Å². The molecule has 0 bridgehead atoms. The van der Waals surface area contributed by atoms with Gasteiger partial charge in [0, 0.05) is 13.1 Å². The number of ether oxygens (including phenoxy) is 1. The summed E-state index contributed by atoms with van der Waals surface area (Å²) in [6.45, 7) is 7.70. The molecule has 0 N–H and O–H groups in total. The van der Waals surface area contributed by atoms with Crippen molar-refractivity contribution in [1.29, 1.82) is 5.26 Å². The van der Waals surface area contributed by atoms with E-state index in [9.17, 15) is 5.26 Å². The number of nitrogens with zero attached hydrogens (tertiary/aromatic N) is 2. The minimum Gasteiger partial charge on any atom is -0.379 e. The van der Waals surface area contributed by atoms with E-state index in [2.05, 4.69) is 24.8 Å². The molecule has 1 aliphatic heterocycles. The molecule has 1 saturated carbocycles. The van der Waals surface area contributed by atoms with E-state index in [1.807, 2.05) is 0 Å². The molecule has 3 heteroatoms. The van der Waals surface area contributed by atoms with E-state index in [1.54, 1.807) is 0 Å². The van der Waals surface area contributed by atoms with Gasteiger partial charge >= 0.3 is 0 Å². The monoisotopic (exact) mass is 194 g/mol. The largest absolute Gasteiger partial charge is 0.379 e. The van der Waals surface area contributed by atoms with Crippen molar-refractivity contribution in [3.05, 3.63) is 0 Å². The van der Waals surface area contributed by atoms with E-state index >= 15 is 0 Å². The Morgan fingerprint density at radius 1 is 1.43 bits per heavy atom. The van der Waals surface area contributed by atoms with E-state index in [0.29, 0.717) is 5.92 Å². The first-order chi connectivity index (χ1) is 6.68. The molecule has 0 spiro atoms. The first-order valence-electron chi connectivity index (χ1n) is 5.42. The Hall–Kier alpha value is -0.590. The Morgan fingerprint density at radius 3 is 2.43 bits per heavy atom.